The lowest BCUT2D eigenvalue weighted by molar-refractivity contribution is 0.0825. The first-order valence-electron chi connectivity index (χ1n) is 6.97. The zero-order valence-corrected chi connectivity index (χ0v) is 11.2. The molecule has 0 heterocycles. The minimum atomic E-state index is 0.147. The highest BCUT2D eigenvalue weighted by atomic mass is 16.2. The fourth-order valence-corrected chi connectivity index (χ4v) is 3.88. The number of benzene rings is 1. The van der Waals surface area contributed by atoms with Crippen LogP contribution in [0.25, 0.3) is 0 Å². The Labute approximate surface area is 109 Å². The van der Waals surface area contributed by atoms with Crippen LogP contribution in [-0.4, -0.2) is 24.9 Å². The van der Waals surface area contributed by atoms with Gasteiger partial charge in [-0.2, -0.15) is 0 Å². The summed E-state index contributed by atoms with van der Waals surface area (Å²) >= 11 is 0. The smallest absolute Gasteiger partial charge is 0.253 e. The second kappa shape index (κ2) is 4.42. The molecule has 0 radical (unpaired) electrons. The normalized spacial score (nSPS) is 29.6. The molecule has 0 N–H and O–H groups in total. The molecule has 2 aliphatic rings. The summed E-state index contributed by atoms with van der Waals surface area (Å²) in [7, 11) is 3.67. The number of fused-ring (bicyclic) bond motifs is 2. The summed E-state index contributed by atoms with van der Waals surface area (Å²) in [4.78, 5) is 13.9. The molecule has 1 amide bonds. The first-order valence-corrected chi connectivity index (χ1v) is 6.97. The summed E-state index contributed by atoms with van der Waals surface area (Å²) in [6.07, 6.45) is 5.45. The monoisotopic (exact) mass is 243 g/mol. The average Bonchev–Trinajstić information content (AvgIpc) is 3.00. The van der Waals surface area contributed by atoms with Crippen molar-refractivity contribution in [2.24, 2.45) is 11.8 Å². The third-order valence-electron chi connectivity index (χ3n) is 4.73. The minimum Gasteiger partial charge on any atom is -0.345 e. The Morgan fingerprint density at radius 1 is 1.17 bits per heavy atom. The summed E-state index contributed by atoms with van der Waals surface area (Å²) in [5.41, 5.74) is 2.21. The van der Waals surface area contributed by atoms with Crippen molar-refractivity contribution in [2.45, 2.75) is 31.6 Å². The van der Waals surface area contributed by atoms with E-state index in [4.69, 9.17) is 0 Å². The number of rotatable bonds is 2. The first kappa shape index (κ1) is 11.8. The molecule has 2 saturated carbocycles. The number of nitrogens with zero attached hydrogens (tertiary/aromatic N) is 1. The van der Waals surface area contributed by atoms with Gasteiger partial charge in [0.1, 0.15) is 0 Å². The molecule has 0 aromatic heterocycles. The Morgan fingerprint density at radius 3 is 2.56 bits per heavy atom. The predicted molar refractivity (Wildman–Crippen MR) is 72.6 cm³/mol. The van der Waals surface area contributed by atoms with Gasteiger partial charge < -0.3 is 4.90 Å². The lowest BCUT2D eigenvalue weighted by atomic mass is 9.81. The number of carbonyl (C=O) groups excluding carboxylic acids is 1. The zero-order chi connectivity index (χ0) is 12.7. The molecule has 2 bridgehead atoms. The van der Waals surface area contributed by atoms with Crippen molar-refractivity contribution in [3.05, 3.63) is 35.4 Å². The Hall–Kier alpha value is -1.31. The van der Waals surface area contributed by atoms with Crippen LogP contribution >= 0.6 is 0 Å². The molecular weight excluding hydrogens is 222 g/mol. The van der Waals surface area contributed by atoms with E-state index >= 15 is 0 Å². The Morgan fingerprint density at radius 2 is 1.94 bits per heavy atom. The molecule has 0 saturated heterocycles. The van der Waals surface area contributed by atoms with Crippen LogP contribution in [0.3, 0.4) is 0 Å². The van der Waals surface area contributed by atoms with Crippen LogP contribution in [0.1, 0.15) is 47.5 Å². The van der Waals surface area contributed by atoms with Crippen molar-refractivity contribution < 1.29 is 4.79 Å². The Kier molecular flexibility index (Phi) is 2.89. The average molecular weight is 243 g/mol. The molecule has 2 unspecified atom stereocenters. The van der Waals surface area contributed by atoms with Crippen molar-refractivity contribution in [3.63, 3.8) is 0 Å². The van der Waals surface area contributed by atoms with Crippen molar-refractivity contribution in [1.82, 2.24) is 4.90 Å². The van der Waals surface area contributed by atoms with Crippen LogP contribution in [0.5, 0.6) is 0 Å². The van der Waals surface area contributed by atoms with Gasteiger partial charge in [-0.25, -0.2) is 0 Å². The molecule has 0 spiro atoms. The van der Waals surface area contributed by atoms with E-state index in [0.29, 0.717) is 5.92 Å². The summed E-state index contributed by atoms with van der Waals surface area (Å²) in [5.74, 6) is 2.52. The maximum atomic E-state index is 12.3. The van der Waals surface area contributed by atoms with Gasteiger partial charge in [-0.1, -0.05) is 24.6 Å². The van der Waals surface area contributed by atoms with Gasteiger partial charge in [0.15, 0.2) is 0 Å². The zero-order valence-electron chi connectivity index (χ0n) is 11.2. The van der Waals surface area contributed by atoms with E-state index in [9.17, 15) is 4.79 Å². The quantitative estimate of drug-likeness (QED) is 0.780. The van der Waals surface area contributed by atoms with Gasteiger partial charge >= 0.3 is 0 Å². The summed E-state index contributed by atoms with van der Waals surface area (Å²) < 4.78 is 0. The molecule has 96 valence electrons. The van der Waals surface area contributed by atoms with E-state index in [-0.39, 0.29) is 5.91 Å². The van der Waals surface area contributed by atoms with Gasteiger partial charge in [-0.05, 0) is 48.6 Å². The van der Waals surface area contributed by atoms with Gasteiger partial charge in [-0.3, -0.25) is 4.79 Å². The minimum absolute atomic E-state index is 0.147. The molecule has 2 heteroatoms. The van der Waals surface area contributed by atoms with E-state index in [1.165, 1.54) is 31.2 Å². The second-order valence-corrected chi connectivity index (χ2v) is 6.07. The van der Waals surface area contributed by atoms with E-state index in [0.717, 1.165) is 17.4 Å². The van der Waals surface area contributed by atoms with E-state index < -0.39 is 0 Å². The third-order valence-corrected chi connectivity index (χ3v) is 4.73. The maximum Gasteiger partial charge on any atom is 0.253 e. The highest BCUT2D eigenvalue weighted by molar-refractivity contribution is 5.95. The Balaban J connectivity index is 1.95. The molecule has 2 aliphatic carbocycles. The molecule has 1 aromatic rings. The number of carbonyl (C=O) groups is 1. The van der Waals surface area contributed by atoms with Crippen LogP contribution in [0.2, 0.25) is 0 Å². The van der Waals surface area contributed by atoms with Crippen molar-refractivity contribution >= 4 is 5.91 Å². The number of hydrogen-bond donors (Lipinski definition) is 0. The van der Waals surface area contributed by atoms with Crippen LogP contribution in [0, 0.1) is 11.8 Å². The van der Waals surface area contributed by atoms with Crippen LogP contribution in [-0.2, 0) is 0 Å². The van der Waals surface area contributed by atoms with Gasteiger partial charge in [0.2, 0.25) is 0 Å². The molecule has 18 heavy (non-hydrogen) atoms. The number of amides is 1. The molecule has 2 nitrogen and oxygen atoms in total. The van der Waals surface area contributed by atoms with Crippen molar-refractivity contribution in [2.75, 3.05) is 14.1 Å². The largest absolute Gasteiger partial charge is 0.345 e. The van der Waals surface area contributed by atoms with Crippen molar-refractivity contribution in [3.8, 4) is 0 Å². The molecule has 2 fully saturated rings. The van der Waals surface area contributed by atoms with E-state index in [1.54, 1.807) is 4.90 Å². The standard InChI is InChI=1S/C16H21NO/c1-17(2)16(18)14-6-4-3-5-13(14)15-10-11-7-8-12(15)9-11/h3-6,11-12,15H,7-10H2,1-2H3/t11?,12?,15-/m0/s1. The van der Waals surface area contributed by atoms with Crippen LogP contribution in [0.4, 0.5) is 0 Å². The molecule has 0 aliphatic heterocycles. The van der Waals surface area contributed by atoms with Crippen molar-refractivity contribution in [1.29, 1.82) is 0 Å². The summed E-state index contributed by atoms with van der Waals surface area (Å²) in [6, 6.07) is 8.22. The van der Waals surface area contributed by atoms with E-state index in [2.05, 4.69) is 12.1 Å². The molecular formula is C16H21NO. The third kappa shape index (κ3) is 1.84. The first-order chi connectivity index (χ1) is 8.66. The summed E-state index contributed by atoms with van der Waals surface area (Å²) in [6.45, 7) is 0. The maximum absolute atomic E-state index is 12.3. The van der Waals surface area contributed by atoms with Gasteiger partial charge in [0, 0.05) is 19.7 Å². The predicted octanol–water partition coefficient (Wildman–Crippen LogP) is 3.29. The Bertz CT molecular complexity index is 466. The molecule has 3 atom stereocenters. The highest BCUT2D eigenvalue weighted by Crippen LogP contribution is 2.53. The van der Waals surface area contributed by atoms with E-state index in [1.807, 2.05) is 26.2 Å². The summed E-state index contributed by atoms with van der Waals surface area (Å²) in [5, 5.41) is 0. The highest BCUT2D eigenvalue weighted by Gasteiger charge is 2.41. The second-order valence-electron chi connectivity index (χ2n) is 6.07. The lowest BCUT2D eigenvalue weighted by Crippen LogP contribution is -2.24. The van der Waals surface area contributed by atoms with Gasteiger partial charge in [-0.15, -0.1) is 0 Å². The van der Waals surface area contributed by atoms with Gasteiger partial charge in [0.05, 0.1) is 0 Å². The van der Waals surface area contributed by atoms with Crippen LogP contribution < -0.4 is 0 Å². The van der Waals surface area contributed by atoms with Crippen LogP contribution in [0.15, 0.2) is 24.3 Å². The number of hydrogen-bond acceptors (Lipinski definition) is 1. The molecule has 1 aromatic carbocycles. The van der Waals surface area contributed by atoms with Gasteiger partial charge in [0.25, 0.3) is 5.91 Å². The fourth-order valence-electron chi connectivity index (χ4n) is 3.88. The lowest BCUT2D eigenvalue weighted by Gasteiger charge is -2.25. The topological polar surface area (TPSA) is 20.3 Å². The molecule has 3 rings (SSSR count). The SMILES string of the molecule is CN(C)C(=O)c1ccccc1[C@H]1CC2CCC1C2. The fraction of sp³-hybridized carbons (Fsp3) is 0.562.